The Balaban J connectivity index is 2.15. The lowest BCUT2D eigenvalue weighted by atomic mass is 10.0. The van der Waals surface area contributed by atoms with E-state index in [-0.39, 0.29) is 0 Å². The van der Waals surface area contributed by atoms with Crippen LogP contribution in [0.1, 0.15) is 22.1 Å². The normalized spacial score (nSPS) is 12.6. The summed E-state index contributed by atoms with van der Waals surface area (Å²) in [6.45, 7) is 0.529. The molecule has 0 aliphatic carbocycles. The monoisotopic (exact) mass is 326 g/mol. The van der Waals surface area contributed by atoms with Crippen LogP contribution in [0.25, 0.3) is 0 Å². The molecule has 1 N–H and O–H groups in total. The van der Waals surface area contributed by atoms with Gasteiger partial charge in [0.2, 0.25) is 0 Å². The number of aliphatic hydroxyl groups excluding tert-OH is 1. The molecule has 1 atom stereocenters. The molecule has 0 bridgehead atoms. The SMILES string of the molecule is COCc1ccccc1C(O)Cc1ccc(Br)s1. The van der Waals surface area contributed by atoms with Gasteiger partial charge in [-0.05, 0) is 39.2 Å². The predicted octanol–water partition coefficient (Wildman–Crippen LogP) is 3.93. The number of benzene rings is 1. The van der Waals surface area contributed by atoms with Gasteiger partial charge in [-0.1, -0.05) is 24.3 Å². The van der Waals surface area contributed by atoms with Crippen LogP contribution in [0.5, 0.6) is 0 Å². The van der Waals surface area contributed by atoms with Crippen molar-refractivity contribution < 1.29 is 9.84 Å². The van der Waals surface area contributed by atoms with Gasteiger partial charge in [0.1, 0.15) is 0 Å². The van der Waals surface area contributed by atoms with E-state index in [1.807, 2.05) is 36.4 Å². The second-order valence-electron chi connectivity index (χ2n) is 4.06. The standard InChI is InChI=1S/C14H15BrO2S/c1-17-9-10-4-2-3-5-12(10)13(16)8-11-6-7-14(15)18-11/h2-7,13,16H,8-9H2,1H3. The van der Waals surface area contributed by atoms with E-state index in [4.69, 9.17) is 4.74 Å². The van der Waals surface area contributed by atoms with Gasteiger partial charge in [0.05, 0.1) is 16.5 Å². The second-order valence-corrected chi connectivity index (χ2v) is 6.61. The molecule has 4 heteroatoms. The second kappa shape index (κ2) is 6.48. The molecule has 18 heavy (non-hydrogen) atoms. The third kappa shape index (κ3) is 3.42. The van der Waals surface area contributed by atoms with Crippen LogP contribution in [0.3, 0.4) is 0 Å². The summed E-state index contributed by atoms with van der Waals surface area (Å²) in [7, 11) is 1.67. The maximum Gasteiger partial charge on any atom is 0.0841 e. The van der Waals surface area contributed by atoms with Crippen molar-refractivity contribution in [3.8, 4) is 0 Å². The topological polar surface area (TPSA) is 29.5 Å². The highest BCUT2D eigenvalue weighted by Gasteiger charge is 2.13. The summed E-state index contributed by atoms with van der Waals surface area (Å²) in [5.74, 6) is 0. The van der Waals surface area contributed by atoms with Crippen LogP contribution in [0.2, 0.25) is 0 Å². The number of hydrogen-bond acceptors (Lipinski definition) is 3. The molecular formula is C14H15BrO2S. The minimum atomic E-state index is -0.484. The molecule has 0 fully saturated rings. The lowest BCUT2D eigenvalue weighted by Gasteiger charge is -2.14. The molecule has 0 spiro atoms. The molecule has 0 aliphatic rings. The first-order valence-corrected chi connectivity index (χ1v) is 7.30. The Morgan fingerprint density at radius 3 is 2.72 bits per heavy atom. The molecule has 1 unspecified atom stereocenters. The predicted molar refractivity (Wildman–Crippen MR) is 77.8 cm³/mol. The summed E-state index contributed by atoms with van der Waals surface area (Å²) in [6.07, 6.45) is 0.152. The molecule has 1 heterocycles. The largest absolute Gasteiger partial charge is 0.388 e. The van der Waals surface area contributed by atoms with Gasteiger partial charge in [-0.15, -0.1) is 11.3 Å². The van der Waals surface area contributed by atoms with E-state index in [0.29, 0.717) is 13.0 Å². The molecule has 1 aromatic carbocycles. The fraction of sp³-hybridized carbons (Fsp3) is 0.286. The number of ether oxygens (including phenoxy) is 1. The molecule has 2 nitrogen and oxygen atoms in total. The first-order chi connectivity index (χ1) is 8.70. The minimum absolute atomic E-state index is 0.484. The lowest BCUT2D eigenvalue weighted by Crippen LogP contribution is -2.05. The molecule has 0 saturated heterocycles. The fourth-order valence-corrected chi connectivity index (χ4v) is 3.43. The van der Waals surface area contributed by atoms with Gasteiger partial charge >= 0.3 is 0 Å². The van der Waals surface area contributed by atoms with E-state index in [0.717, 1.165) is 14.9 Å². The van der Waals surface area contributed by atoms with Crippen molar-refractivity contribution in [3.63, 3.8) is 0 Å². The van der Waals surface area contributed by atoms with Gasteiger partial charge in [0.25, 0.3) is 0 Å². The summed E-state index contributed by atoms with van der Waals surface area (Å²) in [5.41, 5.74) is 1.99. The quantitative estimate of drug-likeness (QED) is 0.901. The van der Waals surface area contributed by atoms with Crippen molar-refractivity contribution in [3.05, 3.63) is 56.2 Å². The van der Waals surface area contributed by atoms with E-state index in [1.165, 1.54) is 4.88 Å². The number of hydrogen-bond donors (Lipinski definition) is 1. The van der Waals surface area contributed by atoms with E-state index in [1.54, 1.807) is 18.4 Å². The Bertz CT molecular complexity index is 510. The van der Waals surface area contributed by atoms with Gasteiger partial charge in [-0.25, -0.2) is 0 Å². The van der Waals surface area contributed by atoms with E-state index >= 15 is 0 Å². The van der Waals surface area contributed by atoms with Crippen molar-refractivity contribution in [1.29, 1.82) is 0 Å². The van der Waals surface area contributed by atoms with E-state index in [2.05, 4.69) is 15.9 Å². The molecule has 1 aromatic heterocycles. The molecule has 0 amide bonds. The van der Waals surface area contributed by atoms with Crippen molar-refractivity contribution in [2.45, 2.75) is 19.1 Å². The molecule has 2 aromatic rings. The van der Waals surface area contributed by atoms with Crippen LogP contribution in [-0.4, -0.2) is 12.2 Å². The van der Waals surface area contributed by atoms with Crippen LogP contribution in [0.15, 0.2) is 40.2 Å². The number of rotatable bonds is 5. The average molecular weight is 327 g/mol. The fourth-order valence-electron chi connectivity index (χ4n) is 1.91. The maximum atomic E-state index is 10.3. The van der Waals surface area contributed by atoms with Crippen molar-refractivity contribution in [2.75, 3.05) is 7.11 Å². The van der Waals surface area contributed by atoms with Gasteiger partial charge in [0, 0.05) is 18.4 Å². The molecule has 0 aliphatic heterocycles. The number of thiophene rings is 1. The Kier molecular flexibility index (Phi) is 4.95. The number of aliphatic hydroxyl groups is 1. The minimum Gasteiger partial charge on any atom is -0.388 e. The Morgan fingerprint density at radius 2 is 2.06 bits per heavy atom. The van der Waals surface area contributed by atoms with Gasteiger partial charge < -0.3 is 9.84 Å². The highest BCUT2D eigenvalue weighted by atomic mass is 79.9. The average Bonchev–Trinajstić information content (AvgIpc) is 2.76. The third-order valence-corrected chi connectivity index (χ3v) is 4.38. The van der Waals surface area contributed by atoms with E-state index < -0.39 is 6.10 Å². The Labute approximate surface area is 119 Å². The Morgan fingerprint density at radius 1 is 1.28 bits per heavy atom. The molecular weight excluding hydrogens is 312 g/mol. The highest BCUT2D eigenvalue weighted by Crippen LogP contribution is 2.28. The zero-order valence-electron chi connectivity index (χ0n) is 10.1. The zero-order chi connectivity index (χ0) is 13.0. The van der Waals surface area contributed by atoms with Crippen molar-refractivity contribution in [2.24, 2.45) is 0 Å². The molecule has 0 saturated carbocycles. The number of halogens is 1. The van der Waals surface area contributed by atoms with Crippen LogP contribution < -0.4 is 0 Å². The van der Waals surface area contributed by atoms with Gasteiger partial charge in [-0.3, -0.25) is 0 Å². The van der Waals surface area contributed by atoms with Crippen molar-refractivity contribution >= 4 is 27.3 Å². The summed E-state index contributed by atoms with van der Waals surface area (Å²) in [4.78, 5) is 1.17. The van der Waals surface area contributed by atoms with Crippen LogP contribution >= 0.6 is 27.3 Å². The summed E-state index contributed by atoms with van der Waals surface area (Å²) < 4.78 is 6.25. The third-order valence-electron chi connectivity index (χ3n) is 2.74. The summed E-state index contributed by atoms with van der Waals surface area (Å²) >= 11 is 5.09. The smallest absolute Gasteiger partial charge is 0.0841 e. The first-order valence-electron chi connectivity index (χ1n) is 5.69. The van der Waals surface area contributed by atoms with Crippen LogP contribution in [-0.2, 0) is 17.8 Å². The van der Waals surface area contributed by atoms with Crippen LogP contribution in [0.4, 0.5) is 0 Å². The molecule has 2 rings (SSSR count). The first kappa shape index (κ1) is 13.7. The Hall–Kier alpha value is -0.680. The zero-order valence-corrected chi connectivity index (χ0v) is 12.5. The van der Waals surface area contributed by atoms with Crippen LogP contribution in [0, 0.1) is 0 Å². The lowest BCUT2D eigenvalue weighted by molar-refractivity contribution is 0.162. The van der Waals surface area contributed by atoms with Gasteiger partial charge in [0.15, 0.2) is 0 Å². The molecule has 96 valence electrons. The van der Waals surface area contributed by atoms with E-state index in [9.17, 15) is 5.11 Å². The molecule has 0 radical (unpaired) electrons. The number of methoxy groups -OCH3 is 1. The van der Waals surface area contributed by atoms with Crippen molar-refractivity contribution in [1.82, 2.24) is 0 Å². The summed E-state index contributed by atoms with van der Waals surface area (Å²) in [6, 6.07) is 11.9. The van der Waals surface area contributed by atoms with Gasteiger partial charge in [-0.2, -0.15) is 0 Å². The highest BCUT2D eigenvalue weighted by molar-refractivity contribution is 9.11. The summed E-state index contributed by atoms with van der Waals surface area (Å²) in [5, 5.41) is 10.3. The maximum absolute atomic E-state index is 10.3.